The molecule has 1 aromatic heterocycles. The van der Waals surface area contributed by atoms with Crippen LogP contribution in [0.25, 0.3) is 0 Å². The van der Waals surface area contributed by atoms with E-state index < -0.39 is 26.4 Å². The van der Waals surface area contributed by atoms with E-state index >= 15 is 0 Å². The summed E-state index contributed by atoms with van der Waals surface area (Å²) in [5.74, 6) is -0.300. The summed E-state index contributed by atoms with van der Waals surface area (Å²) in [5, 5.41) is 13.7. The van der Waals surface area contributed by atoms with Gasteiger partial charge in [0.2, 0.25) is 0 Å². The first-order valence-electron chi connectivity index (χ1n) is 6.29. The molecule has 0 saturated carbocycles. The van der Waals surface area contributed by atoms with Crippen molar-refractivity contribution in [3.63, 3.8) is 0 Å². The maximum Gasteiger partial charge on any atom is 0.288 e. The number of nitrogens with zero attached hydrogens (tertiary/aromatic N) is 1. The summed E-state index contributed by atoms with van der Waals surface area (Å²) in [4.78, 5) is 20.7. The summed E-state index contributed by atoms with van der Waals surface area (Å²) in [6.45, 7) is 0.147. The summed E-state index contributed by atoms with van der Waals surface area (Å²) in [5.41, 5.74) is 4.92. The van der Waals surface area contributed by atoms with Crippen molar-refractivity contribution in [2.75, 3.05) is 11.6 Å². The fraction of sp³-hybridized carbons (Fsp3) is 0.154. The van der Waals surface area contributed by atoms with Crippen LogP contribution >= 0.6 is 0 Å². The van der Waals surface area contributed by atoms with E-state index in [1.54, 1.807) is 0 Å². The smallest absolute Gasteiger partial charge is 0.288 e. The first-order valence-corrected chi connectivity index (χ1v) is 8.18. The Bertz CT molecular complexity index is 872. The number of sulfone groups is 1. The zero-order chi connectivity index (χ0) is 17.2. The largest absolute Gasteiger partial charge is 0.454 e. The van der Waals surface area contributed by atoms with Crippen molar-refractivity contribution < 1.29 is 22.6 Å². The molecule has 1 aromatic carbocycles. The van der Waals surface area contributed by atoms with Gasteiger partial charge < -0.3 is 15.5 Å². The lowest BCUT2D eigenvalue weighted by Crippen LogP contribution is -2.09. The molecule has 9 nitrogen and oxygen atoms in total. The van der Waals surface area contributed by atoms with Gasteiger partial charge >= 0.3 is 0 Å². The van der Waals surface area contributed by atoms with E-state index in [9.17, 15) is 23.3 Å². The minimum absolute atomic E-state index is 0.00215. The molecule has 0 bridgehead atoms. The lowest BCUT2D eigenvalue weighted by molar-refractivity contribution is -0.387. The summed E-state index contributed by atoms with van der Waals surface area (Å²) in [6, 6.07) is 6.61. The van der Waals surface area contributed by atoms with Crippen LogP contribution in [0, 0.1) is 10.1 Å². The minimum atomic E-state index is -3.76. The van der Waals surface area contributed by atoms with Crippen LogP contribution in [0.15, 0.2) is 39.6 Å². The number of primary amides is 1. The molecule has 0 aliphatic carbocycles. The normalized spacial score (nSPS) is 11.2. The molecule has 0 atom stereocenters. The average Bonchev–Trinajstić information content (AvgIpc) is 2.93. The number of rotatable bonds is 6. The van der Waals surface area contributed by atoms with Gasteiger partial charge in [0.25, 0.3) is 11.6 Å². The molecule has 23 heavy (non-hydrogen) atoms. The fourth-order valence-corrected chi connectivity index (χ4v) is 2.73. The number of amides is 1. The monoisotopic (exact) mass is 339 g/mol. The van der Waals surface area contributed by atoms with E-state index in [1.807, 2.05) is 0 Å². The highest BCUT2D eigenvalue weighted by molar-refractivity contribution is 7.90. The van der Waals surface area contributed by atoms with Gasteiger partial charge in [-0.05, 0) is 24.3 Å². The van der Waals surface area contributed by atoms with Crippen LogP contribution in [0.3, 0.4) is 0 Å². The first-order chi connectivity index (χ1) is 10.7. The van der Waals surface area contributed by atoms with E-state index in [2.05, 4.69) is 5.32 Å². The first kappa shape index (κ1) is 16.5. The van der Waals surface area contributed by atoms with E-state index in [0.29, 0.717) is 11.4 Å². The van der Waals surface area contributed by atoms with Gasteiger partial charge in [0.05, 0.1) is 11.5 Å². The second kappa shape index (κ2) is 6.08. The molecule has 0 radical (unpaired) electrons. The molecule has 3 N–H and O–H groups in total. The standard InChI is InChI=1S/C13H13N3O6S/c1-23(20,21)12-6-8(2-4-10(12)16(18)19)15-7-9-3-5-11(22-9)13(14)17/h2-6,15H,7H2,1H3,(H2,14,17). The Kier molecular flexibility index (Phi) is 4.36. The van der Waals surface area contributed by atoms with Crippen molar-refractivity contribution in [1.82, 2.24) is 0 Å². The number of carbonyl (C=O) groups excluding carboxylic acids is 1. The van der Waals surface area contributed by atoms with Crippen molar-refractivity contribution in [2.45, 2.75) is 11.4 Å². The molecular formula is C13H13N3O6S. The molecule has 0 aliphatic rings. The Morgan fingerprint density at radius 3 is 2.57 bits per heavy atom. The third kappa shape index (κ3) is 3.86. The van der Waals surface area contributed by atoms with Gasteiger partial charge in [-0.15, -0.1) is 0 Å². The highest BCUT2D eigenvalue weighted by Gasteiger charge is 2.22. The molecule has 0 spiro atoms. The maximum atomic E-state index is 11.7. The third-order valence-electron chi connectivity index (χ3n) is 2.93. The molecule has 2 rings (SSSR count). The van der Waals surface area contributed by atoms with Crippen molar-refractivity contribution in [3.05, 3.63) is 52.0 Å². The van der Waals surface area contributed by atoms with Gasteiger partial charge in [0, 0.05) is 18.0 Å². The van der Waals surface area contributed by atoms with Gasteiger partial charge in [-0.25, -0.2) is 8.42 Å². The van der Waals surface area contributed by atoms with Gasteiger partial charge in [-0.2, -0.15) is 0 Å². The minimum Gasteiger partial charge on any atom is -0.454 e. The number of furan rings is 1. The van der Waals surface area contributed by atoms with Crippen LogP contribution < -0.4 is 11.1 Å². The summed E-state index contributed by atoms with van der Waals surface area (Å²) in [6.07, 6.45) is 0.894. The van der Waals surface area contributed by atoms with Gasteiger partial charge in [0.15, 0.2) is 15.6 Å². The van der Waals surface area contributed by atoms with Gasteiger partial charge in [0.1, 0.15) is 10.7 Å². The van der Waals surface area contributed by atoms with Crippen LogP contribution in [0.5, 0.6) is 0 Å². The quantitative estimate of drug-likeness (QED) is 0.595. The van der Waals surface area contributed by atoms with Crippen LogP contribution in [0.1, 0.15) is 16.3 Å². The maximum absolute atomic E-state index is 11.7. The number of nitrogens with one attached hydrogen (secondary N) is 1. The highest BCUT2D eigenvalue weighted by atomic mass is 32.2. The van der Waals surface area contributed by atoms with Crippen LogP contribution in [-0.4, -0.2) is 25.5 Å². The van der Waals surface area contributed by atoms with Gasteiger partial charge in [-0.3, -0.25) is 14.9 Å². The Labute approximate surface area is 131 Å². The Hall–Kier alpha value is -2.88. The molecule has 1 amide bonds. The number of carbonyl (C=O) groups is 1. The topological polar surface area (TPSA) is 146 Å². The number of nitrogens with two attached hydrogens (primary N) is 1. The summed E-state index contributed by atoms with van der Waals surface area (Å²) in [7, 11) is -3.76. The molecule has 2 aromatic rings. The van der Waals surface area contributed by atoms with E-state index in [4.69, 9.17) is 10.2 Å². The van der Waals surface area contributed by atoms with Crippen molar-refractivity contribution in [2.24, 2.45) is 5.73 Å². The number of nitro groups is 1. The number of hydrogen-bond acceptors (Lipinski definition) is 7. The molecule has 1 heterocycles. The van der Waals surface area contributed by atoms with E-state index in [-0.39, 0.29) is 17.2 Å². The van der Waals surface area contributed by atoms with E-state index in [1.165, 1.54) is 24.3 Å². The molecular weight excluding hydrogens is 326 g/mol. The molecule has 0 unspecified atom stereocenters. The van der Waals surface area contributed by atoms with Crippen molar-refractivity contribution >= 4 is 27.1 Å². The zero-order valence-electron chi connectivity index (χ0n) is 12.0. The molecule has 10 heteroatoms. The predicted octanol–water partition coefficient (Wildman–Crippen LogP) is 1.30. The molecule has 122 valence electrons. The SMILES string of the molecule is CS(=O)(=O)c1cc(NCc2ccc(C(N)=O)o2)ccc1[N+](=O)[O-]. The lowest BCUT2D eigenvalue weighted by Gasteiger charge is -2.07. The number of anilines is 1. The van der Waals surface area contributed by atoms with Crippen LogP contribution in [-0.2, 0) is 16.4 Å². The van der Waals surface area contributed by atoms with Crippen LogP contribution in [0.2, 0.25) is 0 Å². The Morgan fingerprint density at radius 2 is 2.04 bits per heavy atom. The van der Waals surface area contributed by atoms with E-state index in [0.717, 1.165) is 12.3 Å². The second-order valence-corrected chi connectivity index (χ2v) is 6.68. The zero-order valence-corrected chi connectivity index (χ0v) is 12.8. The average molecular weight is 339 g/mol. The predicted molar refractivity (Wildman–Crippen MR) is 80.8 cm³/mol. The molecule has 0 saturated heterocycles. The highest BCUT2D eigenvalue weighted by Crippen LogP contribution is 2.27. The third-order valence-corrected chi connectivity index (χ3v) is 4.05. The Morgan fingerprint density at radius 1 is 1.35 bits per heavy atom. The number of benzene rings is 1. The Balaban J connectivity index is 2.23. The molecule has 0 aliphatic heterocycles. The van der Waals surface area contributed by atoms with Crippen molar-refractivity contribution in [1.29, 1.82) is 0 Å². The summed E-state index contributed by atoms with van der Waals surface area (Å²) >= 11 is 0. The number of hydrogen-bond donors (Lipinski definition) is 2. The van der Waals surface area contributed by atoms with Crippen LogP contribution in [0.4, 0.5) is 11.4 Å². The summed E-state index contributed by atoms with van der Waals surface area (Å²) < 4.78 is 28.5. The fourth-order valence-electron chi connectivity index (χ4n) is 1.87. The molecule has 0 fully saturated rings. The van der Waals surface area contributed by atoms with Crippen molar-refractivity contribution in [3.8, 4) is 0 Å². The second-order valence-electron chi connectivity index (χ2n) is 4.70. The number of nitro benzene ring substituents is 1. The lowest BCUT2D eigenvalue weighted by atomic mass is 10.2. The van der Waals surface area contributed by atoms with Gasteiger partial charge in [-0.1, -0.05) is 0 Å².